The maximum atomic E-state index is 13.3. The van der Waals surface area contributed by atoms with Gasteiger partial charge in [0, 0.05) is 24.4 Å². The molecule has 0 amide bonds. The van der Waals surface area contributed by atoms with Gasteiger partial charge in [-0.15, -0.1) is 34.0 Å². The van der Waals surface area contributed by atoms with Crippen LogP contribution in [-0.4, -0.2) is 0 Å². The lowest BCUT2D eigenvalue weighted by Gasteiger charge is -2.15. The van der Waals surface area contributed by atoms with E-state index in [4.69, 9.17) is 26.3 Å². The second-order valence-electron chi connectivity index (χ2n) is 17.8. The average Bonchev–Trinajstić information content (AvgIpc) is 4.16. The van der Waals surface area contributed by atoms with Gasteiger partial charge in [0.2, 0.25) is 11.4 Å². The third-order valence-electron chi connectivity index (χ3n) is 10.6. The van der Waals surface area contributed by atoms with Gasteiger partial charge in [-0.1, -0.05) is 135 Å². The quantitative estimate of drug-likeness (QED) is 0.142. The lowest BCUT2D eigenvalue weighted by atomic mass is 9.95. The standard InChI is InChI=1S/C16H15N.C15H14FNS.C14H12FNS.C14H13NS/c1-12(2)13-6-4-7-14(10-13)15-8-5-9-16(11-15)17-3;1-15(2,3)14-8-7-13(18-14)10-5-6-11(16)12(9-10)17-4;1-9(2)13-6-7-14(17-13)10-4-5-11(15)12(8-10)16-3;1-10(2)14-8-12(9-16-14)11-5-4-6-13(7-11)15-3/h4-12H,1-2H3;5-9H,1-3H3;4-9H,1-2H3;4-10H,1-2H3. The van der Waals surface area contributed by atoms with Crippen LogP contribution in [0.2, 0.25) is 0 Å². The van der Waals surface area contributed by atoms with Crippen molar-refractivity contribution in [1.82, 2.24) is 0 Å². The summed E-state index contributed by atoms with van der Waals surface area (Å²) >= 11 is 5.17. The maximum absolute atomic E-state index is 13.3. The van der Waals surface area contributed by atoms with Crippen molar-refractivity contribution >= 4 is 56.8 Å². The Bertz CT molecular complexity index is 3130. The van der Waals surface area contributed by atoms with Crippen LogP contribution in [0.4, 0.5) is 31.5 Å². The zero-order valence-electron chi connectivity index (χ0n) is 39.9. The molecule has 0 N–H and O–H groups in total. The molecule has 3 aromatic heterocycles. The molecule has 0 unspecified atom stereocenters. The highest BCUT2D eigenvalue weighted by Gasteiger charge is 2.17. The first-order valence-corrected chi connectivity index (χ1v) is 24.6. The van der Waals surface area contributed by atoms with Crippen molar-refractivity contribution in [3.05, 3.63) is 222 Å². The molecule has 0 aliphatic heterocycles. The van der Waals surface area contributed by atoms with Gasteiger partial charge in [0.25, 0.3) is 0 Å². The number of halogens is 2. The molecule has 0 saturated carbocycles. The Hall–Kier alpha value is -6.98. The molecular formula is C59H54F2N4S3. The number of hydrogen-bond acceptors (Lipinski definition) is 3. The lowest BCUT2D eigenvalue weighted by molar-refractivity contribution is 0.604. The van der Waals surface area contributed by atoms with E-state index in [9.17, 15) is 8.78 Å². The largest absolute Gasteiger partial charge is 0.238 e. The molecule has 342 valence electrons. The average molecular weight is 953 g/mol. The van der Waals surface area contributed by atoms with Gasteiger partial charge in [-0.25, -0.2) is 28.2 Å². The van der Waals surface area contributed by atoms with Crippen molar-refractivity contribution in [2.24, 2.45) is 0 Å². The van der Waals surface area contributed by atoms with E-state index in [1.54, 1.807) is 58.3 Å². The highest BCUT2D eigenvalue weighted by molar-refractivity contribution is 7.16. The second kappa shape index (κ2) is 24.2. The Balaban J connectivity index is 0.000000170. The Morgan fingerprint density at radius 2 is 0.926 bits per heavy atom. The van der Waals surface area contributed by atoms with E-state index in [0.29, 0.717) is 29.1 Å². The third-order valence-corrected chi connectivity index (χ3v) is 14.8. The number of benzene rings is 5. The van der Waals surface area contributed by atoms with Crippen molar-refractivity contribution in [2.75, 3.05) is 0 Å². The first-order chi connectivity index (χ1) is 32.4. The molecule has 0 spiro atoms. The first kappa shape index (κ1) is 52.0. The van der Waals surface area contributed by atoms with Crippen molar-refractivity contribution in [2.45, 2.75) is 85.5 Å². The molecule has 4 nitrogen and oxygen atoms in total. The van der Waals surface area contributed by atoms with Crippen molar-refractivity contribution in [1.29, 1.82) is 0 Å². The first-order valence-electron chi connectivity index (χ1n) is 22.1. The number of nitrogens with zero attached hydrogens (tertiary/aromatic N) is 4. The molecule has 0 aliphatic rings. The molecule has 0 atom stereocenters. The van der Waals surface area contributed by atoms with Crippen LogP contribution in [0.15, 0.2) is 145 Å². The summed E-state index contributed by atoms with van der Waals surface area (Å²) in [6.07, 6.45) is 0. The van der Waals surface area contributed by atoms with E-state index >= 15 is 0 Å². The van der Waals surface area contributed by atoms with Crippen molar-refractivity contribution in [3.8, 4) is 43.1 Å². The molecule has 9 heteroatoms. The van der Waals surface area contributed by atoms with Crippen LogP contribution in [0.3, 0.4) is 0 Å². The zero-order valence-corrected chi connectivity index (χ0v) is 42.3. The normalized spacial score (nSPS) is 10.6. The third kappa shape index (κ3) is 14.3. The molecule has 0 bridgehead atoms. The van der Waals surface area contributed by atoms with E-state index in [1.165, 1.54) is 43.5 Å². The summed E-state index contributed by atoms with van der Waals surface area (Å²) in [5.74, 6) is 0.682. The smallest absolute Gasteiger partial charge is 0.222 e. The Labute approximate surface area is 414 Å². The van der Waals surface area contributed by atoms with E-state index in [-0.39, 0.29) is 16.8 Å². The van der Waals surface area contributed by atoms with Gasteiger partial charge >= 0.3 is 0 Å². The SMILES string of the molecule is [C-]#[N+]c1cc(-c2ccc(C(C)(C)C)s2)ccc1F.[C-]#[N+]c1cc(-c2ccc(C(C)C)s2)ccc1F.[C-]#[N+]c1cccc(-c2cccc(C(C)C)c2)c1.[C-]#[N+]c1cccc(-c2csc(C(C)C)c2)c1. The lowest BCUT2D eigenvalue weighted by Crippen LogP contribution is -2.07. The van der Waals surface area contributed by atoms with Gasteiger partial charge in [0.15, 0.2) is 11.4 Å². The summed E-state index contributed by atoms with van der Waals surface area (Å²) in [5.41, 5.74) is 9.48. The molecule has 0 fully saturated rings. The van der Waals surface area contributed by atoms with E-state index in [1.807, 2.05) is 54.6 Å². The molecule has 68 heavy (non-hydrogen) atoms. The van der Waals surface area contributed by atoms with Crippen LogP contribution in [0.25, 0.3) is 62.5 Å². The molecule has 5 aromatic carbocycles. The Morgan fingerprint density at radius 3 is 1.37 bits per heavy atom. The molecule has 3 heterocycles. The monoisotopic (exact) mass is 952 g/mol. The molecule has 0 aliphatic carbocycles. The Kier molecular flexibility index (Phi) is 18.5. The molecule has 0 saturated heterocycles. The van der Waals surface area contributed by atoms with Crippen molar-refractivity contribution < 1.29 is 8.78 Å². The molecule has 8 aromatic rings. The summed E-state index contributed by atoms with van der Waals surface area (Å²) < 4.78 is 26.5. The van der Waals surface area contributed by atoms with Gasteiger partial charge in [-0.3, -0.25) is 0 Å². The summed E-state index contributed by atoms with van der Waals surface area (Å²) in [5, 5.41) is 2.17. The number of thiophene rings is 3. The van der Waals surface area contributed by atoms with Crippen LogP contribution in [0, 0.1) is 37.9 Å². The van der Waals surface area contributed by atoms with E-state index < -0.39 is 11.6 Å². The van der Waals surface area contributed by atoms with Crippen LogP contribution >= 0.6 is 34.0 Å². The van der Waals surface area contributed by atoms with Gasteiger partial charge in [-0.05, 0) is 134 Å². The van der Waals surface area contributed by atoms with Crippen LogP contribution < -0.4 is 0 Å². The van der Waals surface area contributed by atoms with Gasteiger partial charge < -0.3 is 0 Å². The summed E-state index contributed by atoms with van der Waals surface area (Å²) in [6.45, 7) is 47.4. The fourth-order valence-corrected chi connectivity index (χ4v) is 9.61. The molecule has 0 radical (unpaired) electrons. The predicted octanol–water partition coefficient (Wildman–Crippen LogP) is 20.7. The second-order valence-corrected chi connectivity index (χ2v) is 21.0. The fraction of sp³-hybridized carbons (Fsp3) is 0.220. The summed E-state index contributed by atoms with van der Waals surface area (Å²) in [4.78, 5) is 19.4. The van der Waals surface area contributed by atoms with Crippen LogP contribution in [0.5, 0.6) is 0 Å². The minimum Gasteiger partial charge on any atom is -0.238 e. The van der Waals surface area contributed by atoms with Crippen LogP contribution in [0.1, 0.15) is 100 Å². The molecular weight excluding hydrogens is 899 g/mol. The fourth-order valence-electron chi connectivity index (χ4n) is 6.61. The number of rotatable bonds is 7. The summed E-state index contributed by atoms with van der Waals surface area (Å²) in [7, 11) is 0. The Morgan fingerprint density at radius 1 is 0.441 bits per heavy atom. The van der Waals surface area contributed by atoms with Gasteiger partial charge in [-0.2, -0.15) is 0 Å². The predicted molar refractivity (Wildman–Crippen MR) is 287 cm³/mol. The van der Waals surface area contributed by atoms with E-state index in [0.717, 1.165) is 32.0 Å². The minimum absolute atomic E-state index is 0.0817. The van der Waals surface area contributed by atoms with E-state index in [2.05, 4.69) is 136 Å². The van der Waals surface area contributed by atoms with Crippen LogP contribution in [-0.2, 0) is 5.41 Å². The van der Waals surface area contributed by atoms with Gasteiger partial charge in [0.05, 0.1) is 26.3 Å². The highest BCUT2D eigenvalue weighted by Crippen LogP contribution is 2.38. The highest BCUT2D eigenvalue weighted by atomic mass is 32.1. The maximum Gasteiger partial charge on any atom is 0.222 e. The summed E-state index contributed by atoms with van der Waals surface area (Å²) in [6, 6.07) is 43.9. The minimum atomic E-state index is -0.457. The topological polar surface area (TPSA) is 17.4 Å². The zero-order chi connectivity index (χ0) is 49.5. The number of hydrogen-bond donors (Lipinski definition) is 0. The van der Waals surface area contributed by atoms with Gasteiger partial charge in [0.1, 0.15) is 11.6 Å². The molecule has 8 rings (SSSR count). The van der Waals surface area contributed by atoms with Crippen molar-refractivity contribution in [3.63, 3.8) is 0 Å².